The summed E-state index contributed by atoms with van der Waals surface area (Å²) in [5.74, 6) is -3.74. The van der Waals surface area contributed by atoms with Crippen LogP contribution < -0.4 is 26.6 Å². The van der Waals surface area contributed by atoms with Crippen LogP contribution in [-0.4, -0.2) is 64.8 Å². The number of hydrogen-bond donors (Lipinski definition) is 6. The second kappa shape index (κ2) is 21.3. The number of carbonyl (C=O) groups is 6. The van der Waals surface area contributed by atoms with Gasteiger partial charge >= 0.3 is 5.97 Å². The third-order valence-corrected chi connectivity index (χ3v) is 11.6. The van der Waals surface area contributed by atoms with Gasteiger partial charge in [-0.3, -0.25) is 24.0 Å². The normalized spacial score (nSPS) is 19.4. The third kappa shape index (κ3) is 13.0. The van der Waals surface area contributed by atoms with Crippen LogP contribution in [0.5, 0.6) is 0 Å². The average Bonchev–Trinajstić information content (AvgIpc) is 3.76. The second-order valence-electron chi connectivity index (χ2n) is 16.2. The average molecular weight is 856 g/mol. The lowest BCUT2D eigenvalue weighted by molar-refractivity contribution is -0.142. The van der Waals surface area contributed by atoms with Gasteiger partial charge in [-0.25, -0.2) is 4.79 Å². The summed E-state index contributed by atoms with van der Waals surface area (Å²) in [5.41, 5.74) is 6.91. The maximum Gasteiger partial charge on any atom is 0.326 e. The van der Waals surface area contributed by atoms with Crippen molar-refractivity contribution in [2.45, 2.75) is 89.9 Å². The van der Waals surface area contributed by atoms with Crippen LogP contribution in [-0.2, 0) is 60.9 Å². The van der Waals surface area contributed by atoms with Crippen molar-refractivity contribution in [2.75, 3.05) is 5.32 Å². The number of amides is 5. The van der Waals surface area contributed by atoms with Crippen LogP contribution >= 0.6 is 11.3 Å². The number of carboxylic acid groups (broad SMARTS) is 1. The summed E-state index contributed by atoms with van der Waals surface area (Å²) in [4.78, 5) is 82.4. The molecule has 0 spiro atoms. The highest BCUT2D eigenvalue weighted by Crippen LogP contribution is 2.26. The first-order valence-corrected chi connectivity index (χ1v) is 21.7. The minimum absolute atomic E-state index is 0.0251. The Bertz CT molecular complexity index is 2350. The molecule has 3 heterocycles. The third-order valence-electron chi connectivity index (χ3n) is 10.7. The van der Waals surface area contributed by atoms with Gasteiger partial charge in [0.2, 0.25) is 29.5 Å². The van der Waals surface area contributed by atoms with Crippen molar-refractivity contribution >= 4 is 52.5 Å². The van der Waals surface area contributed by atoms with Gasteiger partial charge in [-0.15, -0.1) is 11.3 Å². The highest BCUT2D eigenvalue weighted by molar-refractivity contribution is 7.09. The maximum atomic E-state index is 14.5. The molecule has 0 saturated carbocycles. The van der Waals surface area contributed by atoms with Crippen molar-refractivity contribution in [1.29, 1.82) is 0 Å². The van der Waals surface area contributed by atoms with Crippen LogP contribution in [0.1, 0.15) is 59.4 Å². The van der Waals surface area contributed by atoms with Crippen LogP contribution in [0, 0.1) is 12.8 Å². The van der Waals surface area contributed by atoms with E-state index in [9.17, 15) is 33.9 Å². The molecule has 0 saturated heterocycles. The zero-order valence-corrected chi connectivity index (χ0v) is 35.9. The number of carboxylic acids is 1. The molecule has 322 valence electrons. The SMILES string of the molecule is Cc1cc(CC(C)C)ccc1-c1ccc(CC2NC(=O)C(Cc3cccs3)NC(=O)CCC(=O)Nc3ccc(cc3)CC(C(=O)O)NC(=O)C(Cc3ccccc3)NC2=O)cc1. The first-order valence-electron chi connectivity index (χ1n) is 20.9. The molecule has 4 aromatic carbocycles. The topological polar surface area (TPSA) is 183 Å². The van der Waals surface area contributed by atoms with Crippen LogP contribution in [0.25, 0.3) is 11.1 Å². The van der Waals surface area contributed by atoms with E-state index in [1.54, 1.807) is 48.5 Å². The molecular weight excluding hydrogens is 803 g/mol. The molecule has 2 aliphatic rings. The minimum atomic E-state index is -1.36. The minimum Gasteiger partial charge on any atom is -0.480 e. The number of benzene rings is 4. The summed E-state index contributed by atoms with van der Waals surface area (Å²) >= 11 is 1.41. The van der Waals surface area contributed by atoms with Gasteiger partial charge in [0, 0.05) is 49.1 Å². The van der Waals surface area contributed by atoms with Gasteiger partial charge in [-0.05, 0) is 81.8 Å². The van der Waals surface area contributed by atoms with Crippen LogP contribution in [0.3, 0.4) is 0 Å². The van der Waals surface area contributed by atoms with E-state index in [-0.39, 0.29) is 38.5 Å². The Morgan fingerprint density at radius 1 is 0.661 bits per heavy atom. The number of hydrogen-bond acceptors (Lipinski definition) is 7. The second-order valence-corrected chi connectivity index (χ2v) is 17.2. The lowest BCUT2D eigenvalue weighted by atomic mass is 9.94. The molecule has 7 rings (SSSR count). The monoisotopic (exact) mass is 855 g/mol. The molecule has 5 aromatic rings. The van der Waals surface area contributed by atoms with E-state index in [2.05, 4.69) is 65.6 Å². The predicted molar refractivity (Wildman–Crippen MR) is 240 cm³/mol. The summed E-state index contributed by atoms with van der Waals surface area (Å²) in [7, 11) is 0. The summed E-state index contributed by atoms with van der Waals surface area (Å²) in [6, 6.07) is 28.4. The van der Waals surface area contributed by atoms with Crippen LogP contribution in [0.2, 0.25) is 0 Å². The first-order chi connectivity index (χ1) is 29.8. The Labute approximate surface area is 365 Å². The molecule has 1 aromatic heterocycles. The standard InChI is InChI=1S/C49H53N5O7S/c1-30(2)24-35-15-20-39(31(3)25-35)36-16-11-33(12-17-36)27-41-46(57)52-40(26-32-8-5-4-6-9-32)47(58)54-43(49(60)61)28-34-13-18-37(19-14-34)50-44(55)21-22-45(56)51-42(48(59)53-41)29-38-10-7-23-62-38/h4-20,23,25,30,40-43H,21-22,24,26-29H2,1-3H3,(H,50,55)(H,51,56)(H,52,57)(H,53,59)(H,54,58)(H,60,61). The van der Waals surface area contributed by atoms with Gasteiger partial charge in [0.05, 0.1) is 0 Å². The fourth-order valence-electron chi connectivity index (χ4n) is 7.51. The Kier molecular flexibility index (Phi) is 15.4. The Hall–Kier alpha value is -6.60. The van der Waals surface area contributed by atoms with Crippen molar-refractivity contribution < 1.29 is 33.9 Å². The molecule has 0 radical (unpaired) electrons. The van der Waals surface area contributed by atoms with Gasteiger partial charge in [-0.1, -0.05) is 105 Å². The van der Waals surface area contributed by atoms with Crippen molar-refractivity contribution in [3.05, 3.63) is 147 Å². The number of anilines is 1. The predicted octanol–water partition coefficient (Wildman–Crippen LogP) is 5.95. The molecule has 0 fully saturated rings. The number of nitrogens with one attached hydrogen (secondary N) is 5. The van der Waals surface area contributed by atoms with E-state index in [0.29, 0.717) is 22.7 Å². The van der Waals surface area contributed by atoms with Crippen molar-refractivity contribution in [3.8, 4) is 11.1 Å². The highest BCUT2D eigenvalue weighted by atomic mass is 32.1. The molecule has 0 aliphatic carbocycles. The Morgan fingerprint density at radius 3 is 1.85 bits per heavy atom. The highest BCUT2D eigenvalue weighted by Gasteiger charge is 2.32. The lowest BCUT2D eigenvalue weighted by Crippen LogP contribution is -2.59. The van der Waals surface area contributed by atoms with E-state index in [4.69, 9.17) is 0 Å². The zero-order valence-electron chi connectivity index (χ0n) is 35.1. The molecule has 6 N–H and O–H groups in total. The van der Waals surface area contributed by atoms with E-state index >= 15 is 0 Å². The summed E-state index contributed by atoms with van der Waals surface area (Å²) in [6.45, 7) is 6.46. The number of carbonyl (C=O) groups excluding carboxylic acids is 5. The lowest BCUT2D eigenvalue weighted by Gasteiger charge is -2.26. The van der Waals surface area contributed by atoms with E-state index in [1.807, 2.05) is 47.8 Å². The molecule has 5 amide bonds. The molecule has 4 unspecified atom stereocenters. The van der Waals surface area contributed by atoms with Gasteiger partial charge in [0.15, 0.2) is 0 Å². The molecule has 2 aliphatic heterocycles. The van der Waals surface area contributed by atoms with E-state index < -0.39 is 59.7 Å². The number of aryl methyl sites for hydroxylation is 1. The van der Waals surface area contributed by atoms with Crippen molar-refractivity contribution in [3.63, 3.8) is 0 Å². The summed E-state index contributed by atoms with van der Waals surface area (Å²) < 4.78 is 0. The number of aliphatic carboxylic acids is 1. The van der Waals surface area contributed by atoms with E-state index in [0.717, 1.165) is 33.6 Å². The fourth-order valence-corrected chi connectivity index (χ4v) is 8.26. The Balaban J connectivity index is 1.33. The van der Waals surface area contributed by atoms with Gasteiger partial charge in [0.25, 0.3) is 0 Å². The van der Waals surface area contributed by atoms with Gasteiger partial charge < -0.3 is 31.7 Å². The molecular formula is C49H53N5O7S. The molecule has 12 nitrogen and oxygen atoms in total. The molecule has 13 heteroatoms. The van der Waals surface area contributed by atoms with Gasteiger partial charge in [0.1, 0.15) is 24.2 Å². The van der Waals surface area contributed by atoms with E-state index in [1.165, 1.54) is 16.9 Å². The number of fused-ring (bicyclic) bond motifs is 18. The molecule has 2 bridgehead atoms. The Morgan fingerprint density at radius 2 is 1.26 bits per heavy atom. The molecule has 4 atom stereocenters. The van der Waals surface area contributed by atoms with Crippen LogP contribution in [0.15, 0.2) is 115 Å². The largest absolute Gasteiger partial charge is 0.480 e. The van der Waals surface area contributed by atoms with Gasteiger partial charge in [-0.2, -0.15) is 0 Å². The molecule has 62 heavy (non-hydrogen) atoms. The summed E-state index contributed by atoms with van der Waals surface area (Å²) in [6.07, 6.45) is 0.707. The van der Waals surface area contributed by atoms with Crippen molar-refractivity contribution in [2.24, 2.45) is 5.92 Å². The number of rotatable bonds is 10. The smallest absolute Gasteiger partial charge is 0.326 e. The zero-order chi connectivity index (χ0) is 44.2. The van der Waals surface area contributed by atoms with Crippen LogP contribution in [0.4, 0.5) is 5.69 Å². The quantitative estimate of drug-likeness (QED) is 0.0939. The van der Waals surface area contributed by atoms with Crippen molar-refractivity contribution in [1.82, 2.24) is 21.3 Å². The fraction of sp³-hybridized carbons (Fsp3) is 0.306. The maximum absolute atomic E-state index is 14.5. The first kappa shape index (κ1) is 44.9. The summed E-state index contributed by atoms with van der Waals surface area (Å²) in [5, 5.41) is 25.9. The number of thiophene rings is 1.